The van der Waals surface area contributed by atoms with Crippen molar-refractivity contribution in [2.75, 3.05) is 13.7 Å². The van der Waals surface area contributed by atoms with Crippen LogP contribution in [0.15, 0.2) is 24.0 Å². The Kier molecular flexibility index (Phi) is 9.38. The molecule has 26 heavy (non-hydrogen) atoms. The third-order valence-corrected chi connectivity index (χ3v) is 3.78. The van der Waals surface area contributed by atoms with Gasteiger partial charge < -0.3 is 29.3 Å². The molecule has 0 bridgehead atoms. The topological polar surface area (TPSA) is 123 Å². The molecule has 3 unspecified atom stereocenters. The molecule has 2 heterocycles. The Hall–Kier alpha value is -2.39. The molecule has 0 spiro atoms. The number of hydrogen-bond donors (Lipinski definition) is 2. The molecule has 0 amide bonds. The van der Waals surface area contributed by atoms with Crippen molar-refractivity contribution in [1.29, 1.82) is 0 Å². The van der Waals surface area contributed by atoms with Crippen LogP contribution >= 0.6 is 0 Å². The molecule has 0 aromatic rings. The SMILES string of the molecule is COC(=O)CC(O)C(=O)OCC1CCC(N2C=CCC(C)=C2)O1.O=CO. The highest BCUT2D eigenvalue weighted by Gasteiger charge is 2.30. The van der Waals surface area contributed by atoms with Gasteiger partial charge in [0, 0.05) is 12.4 Å². The number of methoxy groups -OCH3 is 1. The van der Waals surface area contributed by atoms with E-state index in [0.29, 0.717) is 0 Å². The van der Waals surface area contributed by atoms with Crippen molar-refractivity contribution in [3.8, 4) is 0 Å². The van der Waals surface area contributed by atoms with Gasteiger partial charge in [-0.1, -0.05) is 11.6 Å². The highest BCUT2D eigenvalue weighted by molar-refractivity contribution is 5.81. The van der Waals surface area contributed by atoms with Crippen LogP contribution in [0.4, 0.5) is 0 Å². The normalized spacial score (nSPS) is 22.6. The molecule has 2 N–H and O–H groups in total. The quantitative estimate of drug-likeness (QED) is 0.515. The van der Waals surface area contributed by atoms with Crippen LogP contribution in [0.3, 0.4) is 0 Å². The maximum Gasteiger partial charge on any atom is 0.335 e. The van der Waals surface area contributed by atoms with Crippen LogP contribution in [0, 0.1) is 0 Å². The van der Waals surface area contributed by atoms with Crippen molar-refractivity contribution in [2.45, 2.75) is 51.0 Å². The monoisotopic (exact) mass is 371 g/mol. The Bertz CT molecular complexity index is 545. The van der Waals surface area contributed by atoms with Crippen molar-refractivity contribution in [3.63, 3.8) is 0 Å². The average molecular weight is 371 g/mol. The summed E-state index contributed by atoms with van der Waals surface area (Å²) in [5.41, 5.74) is 1.26. The summed E-state index contributed by atoms with van der Waals surface area (Å²) in [5, 5.41) is 16.4. The standard InChI is InChI=1S/C16H23NO6.CH2O2/c1-11-4-3-7-17(9-11)14-6-5-12(23-14)10-22-16(20)13(18)8-15(19)21-2;2-1-3/h3,7,9,12-14,18H,4-6,8,10H2,1-2H3;1H,(H,2,3). The Labute approximate surface area is 151 Å². The number of carbonyl (C=O) groups excluding carboxylic acids is 2. The zero-order valence-corrected chi connectivity index (χ0v) is 14.9. The molecule has 2 aliphatic heterocycles. The molecular formula is C17H25NO8. The first-order valence-corrected chi connectivity index (χ1v) is 8.17. The fraction of sp³-hybridized carbons (Fsp3) is 0.588. The molecule has 2 rings (SSSR count). The largest absolute Gasteiger partial charge is 0.483 e. The number of esters is 2. The average Bonchev–Trinajstić information content (AvgIpc) is 3.09. The Morgan fingerprint density at radius 3 is 2.77 bits per heavy atom. The molecule has 146 valence electrons. The number of carboxylic acid groups (broad SMARTS) is 1. The minimum Gasteiger partial charge on any atom is -0.483 e. The molecule has 3 atom stereocenters. The van der Waals surface area contributed by atoms with Crippen molar-refractivity contribution in [2.24, 2.45) is 0 Å². The minimum absolute atomic E-state index is 0.0633. The lowest BCUT2D eigenvalue weighted by Crippen LogP contribution is -2.31. The van der Waals surface area contributed by atoms with Crippen molar-refractivity contribution in [3.05, 3.63) is 24.0 Å². The van der Waals surface area contributed by atoms with Gasteiger partial charge >= 0.3 is 11.9 Å². The van der Waals surface area contributed by atoms with E-state index in [-0.39, 0.29) is 25.4 Å². The second kappa shape index (κ2) is 11.3. The zero-order valence-electron chi connectivity index (χ0n) is 14.9. The summed E-state index contributed by atoms with van der Waals surface area (Å²) in [6.07, 6.45) is 6.48. The van der Waals surface area contributed by atoms with Crippen LogP contribution < -0.4 is 0 Å². The molecule has 1 saturated heterocycles. The molecule has 9 nitrogen and oxygen atoms in total. The highest BCUT2D eigenvalue weighted by Crippen LogP contribution is 2.26. The number of aliphatic hydroxyl groups excluding tert-OH is 1. The number of rotatable bonds is 6. The summed E-state index contributed by atoms with van der Waals surface area (Å²) < 4.78 is 15.3. The van der Waals surface area contributed by atoms with E-state index in [1.165, 1.54) is 12.7 Å². The van der Waals surface area contributed by atoms with E-state index < -0.39 is 24.5 Å². The number of allylic oxidation sites excluding steroid dienone is 2. The van der Waals surface area contributed by atoms with Gasteiger partial charge in [0.2, 0.25) is 0 Å². The predicted octanol–water partition coefficient (Wildman–Crippen LogP) is 0.783. The molecule has 9 heteroatoms. The van der Waals surface area contributed by atoms with E-state index in [4.69, 9.17) is 19.4 Å². The first kappa shape index (κ1) is 21.7. The lowest BCUT2D eigenvalue weighted by atomic mass is 10.2. The summed E-state index contributed by atoms with van der Waals surface area (Å²) in [6.45, 7) is 1.88. The molecule has 2 aliphatic rings. The van der Waals surface area contributed by atoms with E-state index in [0.717, 1.165) is 19.3 Å². The van der Waals surface area contributed by atoms with Crippen LogP contribution in [-0.2, 0) is 28.6 Å². The van der Waals surface area contributed by atoms with Gasteiger partial charge in [0.05, 0.1) is 19.6 Å². The second-order valence-electron chi connectivity index (χ2n) is 5.83. The molecule has 0 radical (unpaired) electrons. The third-order valence-electron chi connectivity index (χ3n) is 3.78. The number of nitrogens with zero attached hydrogens (tertiary/aromatic N) is 1. The van der Waals surface area contributed by atoms with Gasteiger partial charge in [-0.15, -0.1) is 0 Å². The Balaban J connectivity index is 0.00000105. The van der Waals surface area contributed by atoms with Crippen molar-refractivity contribution in [1.82, 2.24) is 4.90 Å². The van der Waals surface area contributed by atoms with E-state index >= 15 is 0 Å². The summed E-state index contributed by atoms with van der Waals surface area (Å²) in [5.74, 6) is -1.50. The fourth-order valence-corrected chi connectivity index (χ4v) is 2.51. The maximum atomic E-state index is 11.6. The fourth-order valence-electron chi connectivity index (χ4n) is 2.51. The van der Waals surface area contributed by atoms with Gasteiger partial charge in [0.1, 0.15) is 12.8 Å². The molecule has 1 fully saturated rings. The first-order valence-electron chi connectivity index (χ1n) is 8.17. The minimum atomic E-state index is -1.50. The number of hydrogen-bond acceptors (Lipinski definition) is 8. The van der Waals surface area contributed by atoms with Gasteiger partial charge in [-0.2, -0.15) is 0 Å². The molecular weight excluding hydrogens is 346 g/mol. The highest BCUT2D eigenvalue weighted by atomic mass is 16.6. The van der Waals surface area contributed by atoms with Gasteiger partial charge in [0.25, 0.3) is 6.47 Å². The van der Waals surface area contributed by atoms with Crippen LogP contribution in [0.5, 0.6) is 0 Å². The second-order valence-corrected chi connectivity index (χ2v) is 5.83. The third kappa shape index (κ3) is 7.24. The molecule has 0 aromatic carbocycles. The van der Waals surface area contributed by atoms with Gasteiger partial charge in [0.15, 0.2) is 6.10 Å². The van der Waals surface area contributed by atoms with Crippen molar-refractivity contribution < 1.29 is 38.8 Å². The summed E-state index contributed by atoms with van der Waals surface area (Å²) >= 11 is 0. The smallest absolute Gasteiger partial charge is 0.335 e. The number of carbonyl (C=O) groups is 3. The Morgan fingerprint density at radius 2 is 2.15 bits per heavy atom. The maximum absolute atomic E-state index is 11.6. The first-order chi connectivity index (χ1) is 12.4. The lowest BCUT2D eigenvalue weighted by Gasteiger charge is -2.27. The van der Waals surface area contributed by atoms with E-state index in [1.807, 2.05) is 11.1 Å². The van der Waals surface area contributed by atoms with Crippen LogP contribution in [0.2, 0.25) is 0 Å². The number of ether oxygens (including phenoxy) is 3. The van der Waals surface area contributed by atoms with Crippen LogP contribution in [0.1, 0.15) is 32.6 Å². The summed E-state index contributed by atoms with van der Waals surface area (Å²) in [7, 11) is 1.19. The molecule has 0 aliphatic carbocycles. The van der Waals surface area contributed by atoms with Crippen molar-refractivity contribution >= 4 is 18.4 Å². The molecule has 0 aromatic heterocycles. The lowest BCUT2D eigenvalue weighted by molar-refractivity contribution is -0.162. The van der Waals surface area contributed by atoms with E-state index in [9.17, 15) is 14.7 Å². The van der Waals surface area contributed by atoms with Gasteiger partial charge in [-0.05, 0) is 26.2 Å². The van der Waals surface area contributed by atoms with E-state index in [1.54, 1.807) is 0 Å². The van der Waals surface area contributed by atoms with Gasteiger partial charge in [-0.3, -0.25) is 9.59 Å². The number of aliphatic hydroxyl groups is 1. The van der Waals surface area contributed by atoms with Crippen LogP contribution in [-0.4, -0.2) is 65.7 Å². The van der Waals surface area contributed by atoms with E-state index in [2.05, 4.69) is 23.9 Å². The summed E-state index contributed by atoms with van der Waals surface area (Å²) in [4.78, 5) is 33.0. The zero-order chi connectivity index (χ0) is 19.5. The van der Waals surface area contributed by atoms with Crippen LogP contribution in [0.25, 0.3) is 0 Å². The summed E-state index contributed by atoms with van der Waals surface area (Å²) in [6, 6.07) is 0. The predicted molar refractivity (Wildman–Crippen MR) is 89.5 cm³/mol. The molecule has 0 saturated carbocycles. The Morgan fingerprint density at radius 1 is 1.46 bits per heavy atom. The van der Waals surface area contributed by atoms with Gasteiger partial charge in [-0.25, -0.2) is 4.79 Å².